The highest BCUT2D eigenvalue weighted by atomic mass is 32.2. The van der Waals surface area contributed by atoms with Gasteiger partial charge < -0.3 is 15.6 Å². The van der Waals surface area contributed by atoms with Crippen molar-refractivity contribution >= 4 is 32.8 Å². The summed E-state index contributed by atoms with van der Waals surface area (Å²) in [7, 11) is -1.65. The van der Waals surface area contributed by atoms with Gasteiger partial charge in [-0.25, -0.2) is 28.4 Å². The van der Waals surface area contributed by atoms with E-state index in [0.717, 1.165) is 9.60 Å². The molecule has 0 spiro atoms. The van der Waals surface area contributed by atoms with E-state index in [1.54, 1.807) is 18.3 Å². The summed E-state index contributed by atoms with van der Waals surface area (Å²) in [4.78, 5) is 18.1. The van der Waals surface area contributed by atoms with Gasteiger partial charge in [0.2, 0.25) is 5.95 Å². The lowest BCUT2D eigenvalue weighted by Gasteiger charge is -2.12. The van der Waals surface area contributed by atoms with Crippen molar-refractivity contribution in [3.8, 4) is 22.8 Å². The maximum atomic E-state index is 12.4. The van der Waals surface area contributed by atoms with Crippen molar-refractivity contribution in [3.05, 3.63) is 30.7 Å². The average Bonchev–Trinajstić information content (AvgIpc) is 3.39. The molecule has 4 heterocycles. The first-order chi connectivity index (χ1) is 15.3. The molecule has 5 rings (SSSR count). The van der Waals surface area contributed by atoms with Crippen LogP contribution in [0.25, 0.3) is 33.8 Å². The summed E-state index contributed by atoms with van der Waals surface area (Å²) in [6.45, 7) is 4.13. The van der Waals surface area contributed by atoms with Crippen molar-refractivity contribution in [2.24, 2.45) is 0 Å². The van der Waals surface area contributed by atoms with E-state index in [2.05, 4.69) is 39.2 Å². The Kier molecular flexibility index (Phi) is 4.62. The van der Waals surface area contributed by atoms with Crippen LogP contribution in [-0.2, 0) is 10.0 Å². The van der Waals surface area contributed by atoms with Crippen molar-refractivity contribution in [2.45, 2.75) is 38.0 Å². The fraction of sp³-hybridized carbons (Fsp3) is 0.350. The minimum absolute atomic E-state index is 0.150. The molecule has 0 bridgehead atoms. The third-order valence-corrected chi connectivity index (χ3v) is 7.40. The fourth-order valence-electron chi connectivity index (χ4n) is 3.70. The van der Waals surface area contributed by atoms with E-state index in [4.69, 9.17) is 10.7 Å². The number of fused-ring (bicyclic) bond motifs is 1. The summed E-state index contributed by atoms with van der Waals surface area (Å²) in [6, 6.07) is 3.67. The molecule has 0 saturated heterocycles. The molecule has 1 fully saturated rings. The second-order valence-electron chi connectivity index (χ2n) is 8.02. The molecule has 0 aliphatic heterocycles. The molecule has 0 atom stereocenters. The van der Waals surface area contributed by atoms with Crippen LogP contribution >= 0.6 is 0 Å². The van der Waals surface area contributed by atoms with Gasteiger partial charge in [-0.3, -0.25) is 0 Å². The van der Waals surface area contributed by atoms with E-state index >= 15 is 0 Å². The van der Waals surface area contributed by atoms with Gasteiger partial charge in [-0.2, -0.15) is 9.19 Å². The largest absolute Gasteiger partial charge is 0.384 e. The lowest BCUT2D eigenvalue weighted by atomic mass is 10.2. The normalized spacial score (nSPS) is 14.4. The highest BCUT2D eigenvalue weighted by Gasteiger charge is 2.37. The Morgan fingerprint density at radius 3 is 2.69 bits per heavy atom. The molecule has 1 saturated carbocycles. The molecule has 3 N–H and O–H groups in total. The summed E-state index contributed by atoms with van der Waals surface area (Å²) < 4.78 is 28.0. The second kappa shape index (κ2) is 7.26. The van der Waals surface area contributed by atoms with Gasteiger partial charge in [0, 0.05) is 25.4 Å². The topological polar surface area (TPSA) is 147 Å². The second-order valence-corrected chi connectivity index (χ2v) is 10.1. The van der Waals surface area contributed by atoms with E-state index in [1.807, 2.05) is 11.6 Å². The van der Waals surface area contributed by atoms with Gasteiger partial charge >= 0.3 is 0 Å². The highest BCUT2D eigenvalue weighted by Crippen LogP contribution is 2.33. The van der Waals surface area contributed by atoms with Crippen LogP contribution in [0.1, 0.15) is 32.7 Å². The number of imidazole rings is 1. The lowest BCUT2D eigenvalue weighted by Crippen LogP contribution is -2.17. The number of anilines is 2. The maximum Gasteiger partial charge on any atom is 0.256 e. The SMILES string of the molecule is CNc1nc2c(-c3ccnc(-c4cnn(S(=O)(=O)C5CC5)c4)n3)nc(N)cc2n1C(C)C. The quantitative estimate of drug-likeness (QED) is 0.449. The number of nitrogens with two attached hydrogens (primary N) is 1. The van der Waals surface area contributed by atoms with E-state index < -0.39 is 10.0 Å². The fourth-order valence-corrected chi connectivity index (χ4v) is 5.17. The summed E-state index contributed by atoms with van der Waals surface area (Å²) >= 11 is 0. The van der Waals surface area contributed by atoms with Gasteiger partial charge in [-0.05, 0) is 32.8 Å². The number of pyridine rings is 1. The Balaban J connectivity index is 1.62. The zero-order valence-electron chi connectivity index (χ0n) is 17.9. The molecule has 32 heavy (non-hydrogen) atoms. The van der Waals surface area contributed by atoms with Crippen LogP contribution in [0.4, 0.5) is 11.8 Å². The van der Waals surface area contributed by atoms with Crippen molar-refractivity contribution in [3.63, 3.8) is 0 Å². The number of rotatable bonds is 6. The van der Waals surface area contributed by atoms with Crippen LogP contribution < -0.4 is 11.1 Å². The lowest BCUT2D eigenvalue weighted by molar-refractivity contribution is 0.578. The van der Waals surface area contributed by atoms with Gasteiger partial charge in [-0.15, -0.1) is 0 Å². The Morgan fingerprint density at radius 1 is 1.22 bits per heavy atom. The van der Waals surface area contributed by atoms with Gasteiger partial charge in [-0.1, -0.05) is 0 Å². The Morgan fingerprint density at radius 2 is 2.00 bits per heavy atom. The molecule has 0 aromatic carbocycles. The molecule has 12 heteroatoms. The third kappa shape index (κ3) is 3.27. The molecule has 1 aliphatic rings. The minimum Gasteiger partial charge on any atom is -0.384 e. The van der Waals surface area contributed by atoms with Crippen molar-refractivity contribution < 1.29 is 8.42 Å². The molecular weight excluding hydrogens is 430 g/mol. The van der Waals surface area contributed by atoms with E-state index in [0.29, 0.717) is 52.9 Å². The van der Waals surface area contributed by atoms with Crippen LogP contribution in [-0.4, -0.2) is 54.4 Å². The van der Waals surface area contributed by atoms with Crippen LogP contribution in [0.2, 0.25) is 0 Å². The van der Waals surface area contributed by atoms with Crippen molar-refractivity contribution in [1.82, 2.24) is 33.7 Å². The van der Waals surface area contributed by atoms with Crippen molar-refractivity contribution in [1.29, 1.82) is 0 Å². The van der Waals surface area contributed by atoms with Gasteiger partial charge in [0.15, 0.2) is 5.82 Å². The Bertz CT molecular complexity index is 1430. The summed E-state index contributed by atoms with van der Waals surface area (Å²) in [5.74, 6) is 1.39. The predicted octanol–water partition coefficient (Wildman–Crippen LogP) is 2.30. The Labute approximate surface area is 184 Å². The molecule has 0 radical (unpaired) electrons. The molecule has 4 aromatic rings. The molecule has 11 nitrogen and oxygen atoms in total. The first kappa shape index (κ1) is 20.4. The number of nitrogens with one attached hydrogen (secondary N) is 1. The zero-order chi connectivity index (χ0) is 22.6. The Hall–Kier alpha value is -3.54. The standard InChI is InChI=1S/C20H23N9O2S/c1-11(2)29-15-8-16(21)26-17(18(15)27-20(29)22-3)14-6-7-23-19(25-14)12-9-24-28(10-12)32(30,31)13-4-5-13/h6-11,13H,4-5H2,1-3H3,(H2,21,26)(H,22,27). The summed E-state index contributed by atoms with van der Waals surface area (Å²) in [5, 5.41) is 6.79. The first-order valence-electron chi connectivity index (χ1n) is 10.3. The van der Waals surface area contributed by atoms with Crippen LogP contribution in [0.15, 0.2) is 30.7 Å². The van der Waals surface area contributed by atoms with Crippen LogP contribution in [0, 0.1) is 0 Å². The molecule has 166 valence electrons. The number of aromatic nitrogens is 7. The molecule has 4 aromatic heterocycles. The van der Waals surface area contributed by atoms with E-state index in [-0.39, 0.29) is 11.3 Å². The molecular formula is C20H23N9O2S. The molecule has 1 aliphatic carbocycles. The predicted molar refractivity (Wildman–Crippen MR) is 121 cm³/mol. The van der Waals surface area contributed by atoms with Crippen LogP contribution in [0.3, 0.4) is 0 Å². The minimum atomic E-state index is -3.46. The number of nitrogen functional groups attached to an aromatic ring is 1. The molecule has 0 unspecified atom stereocenters. The zero-order valence-corrected chi connectivity index (χ0v) is 18.7. The number of hydrogen-bond donors (Lipinski definition) is 2. The average molecular weight is 454 g/mol. The van der Waals surface area contributed by atoms with Crippen LogP contribution in [0.5, 0.6) is 0 Å². The maximum absolute atomic E-state index is 12.4. The van der Waals surface area contributed by atoms with Gasteiger partial charge in [0.05, 0.1) is 34.4 Å². The number of nitrogens with zero attached hydrogens (tertiary/aromatic N) is 7. The van der Waals surface area contributed by atoms with E-state index in [1.165, 1.54) is 12.4 Å². The monoisotopic (exact) mass is 453 g/mol. The number of hydrogen-bond acceptors (Lipinski definition) is 9. The summed E-state index contributed by atoms with van der Waals surface area (Å²) in [5.41, 5.74) is 9.18. The van der Waals surface area contributed by atoms with Crippen molar-refractivity contribution in [2.75, 3.05) is 18.1 Å². The molecule has 0 amide bonds. The smallest absolute Gasteiger partial charge is 0.256 e. The highest BCUT2D eigenvalue weighted by molar-refractivity contribution is 7.90. The first-order valence-corrected chi connectivity index (χ1v) is 11.8. The van der Waals surface area contributed by atoms with Gasteiger partial charge in [0.25, 0.3) is 10.0 Å². The third-order valence-electron chi connectivity index (χ3n) is 5.36. The van der Waals surface area contributed by atoms with Gasteiger partial charge in [0.1, 0.15) is 17.0 Å². The van der Waals surface area contributed by atoms with E-state index in [9.17, 15) is 8.42 Å². The summed E-state index contributed by atoms with van der Waals surface area (Å²) in [6.07, 6.45) is 5.83.